The molecular formula is CH6NaO4Si. The molecule has 0 amide bonds. The Morgan fingerprint density at radius 3 is 0.857 bits per heavy atom. The molecule has 0 rings (SSSR count). The van der Waals surface area contributed by atoms with Gasteiger partial charge in [0.25, 0.3) is 0 Å². The predicted octanol–water partition coefficient (Wildman–Crippen LogP) is -3.05. The van der Waals surface area contributed by atoms with Gasteiger partial charge in [0, 0.05) is 0 Å². The van der Waals surface area contributed by atoms with Crippen LogP contribution in [0.2, 0.25) is 0 Å². The van der Waals surface area contributed by atoms with Crippen molar-refractivity contribution < 1.29 is 19.2 Å². The molecule has 3 radical (unpaired) electrons. The van der Waals surface area contributed by atoms with Crippen LogP contribution in [0.15, 0.2) is 0 Å². The van der Waals surface area contributed by atoms with E-state index in [0.29, 0.717) is 0 Å². The molecule has 0 aliphatic heterocycles. The fraction of sp³-hybridized carbons (Fsp3) is 0. The normalized spacial score (nSPS) is 8.57. The van der Waals surface area contributed by atoms with E-state index in [-0.39, 0.29) is 37.0 Å². The summed E-state index contributed by atoms with van der Waals surface area (Å²) in [5, 5.41) is 0. The molecule has 7 heavy (non-hydrogen) atoms. The second-order valence-corrected chi connectivity index (χ2v) is 1.80. The zero-order chi connectivity index (χ0) is 4.50. The van der Waals surface area contributed by atoms with Gasteiger partial charge in [-0.15, -0.1) is 0 Å². The van der Waals surface area contributed by atoms with E-state index in [2.05, 4.69) is 0 Å². The third-order valence-electron chi connectivity index (χ3n) is 0. The summed E-state index contributed by atoms with van der Waals surface area (Å²) in [6.45, 7) is 0. The van der Waals surface area contributed by atoms with Crippen LogP contribution in [0.4, 0.5) is 0 Å². The van der Waals surface area contributed by atoms with Gasteiger partial charge in [0.05, 0.1) is 0 Å². The summed E-state index contributed by atoms with van der Waals surface area (Å²) in [7, 11) is -4.61. The van der Waals surface area contributed by atoms with Crippen molar-refractivity contribution in [2.24, 2.45) is 0 Å². The van der Waals surface area contributed by atoms with Gasteiger partial charge in [0.15, 0.2) is 0 Å². The Bertz CT molecular complexity index is 27.2. The van der Waals surface area contributed by atoms with E-state index in [9.17, 15) is 0 Å². The third kappa shape index (κ3) is 162. The van der Waals surface area contributed by atoms with E-state index in [1.807, 2.05) is 0 Å². The Morgan fingerprint density at radius 2 is 0.857 bits per heavy atom. The molecule has 0 atom stereocenters. The Morgan fingerprint density at radius 1 is 0.857 bits per heavy atom. The molecule has 0 aromatic carbocycles. The van der Waals surface area contributed by atoms with Gasteiger partial charge in [-0.25, -0.2) is 0 Å². The molecule has 0 aromatic heterocycles. The Labute approximate surface area is 65.2 Å². The van der Waals surface area contributed by atoms with Crippen LogP contribution >= 0.6 is 0 Å². The summed E-state index contributed by atoms with van der Waals surface area (Å²) in [6.07, 6.45) is 0. The van der Waals surface area contributed by atoms with E-state index < -0.39 is 9.05 Å². The Kier molecular flexibility index (Phi) is 11.7. The van der Waals surface area contributed by atoms with Gasteiger partial charge in [0.2, 0.25) is 0 Å². The first-order valence-electron chi connectivity index (χ1n) is 0.894. The van der Waals surface area contributed by atoms with Gasteiger partial charge in [-0.2, -0.15) is 0 Å². The predicted molar refractivity (Wildman–Crippen MR) is 26.1 cm³/mol. The SMILES string of the molecule is O[Si](O)(O)O.[CH].[NaH]. The topological polar surface area (TPSA) is 80.9 Å². The van der Waals surface area contributed by atoms with Crippen molar-refractivity contribution >= 4 is 38.6 Å². The average molecular weight is 133 g/mol. The molecule has 0 bridgehead atoms. The van der Waals surface area contributed by atoms with Gasteiger partial charge in [-0.3, -0.25) is 0 Å². The van der Waals surface area contributed by atoms with Crippen LogP contribution in [-0.2, 0) is 0 Å². The monoisotopic (exact) mass is 133 g/mol. The molecule has 0 saturated heterocycles. The van der Waals surface area contributed by atoms with Crippen LogP contribution in [0.1, 0.15) is 0 Å². The van der Waals surface area contributed by atoms with Gasteiger partial charge in [-0.05, 0) is 7.43 Å². The molecule has 0 spiro atoms. The summed E-state index contributed by atoms with van der Waals surface area (Å²) >= 11 is 0. The summed E-state index contributed by atoms with van der Waals surface area (Å²) in [5.41, 5.74) is 0. The molecule has 0 heterocycles. The van der Waals surface area contributed by atoms with Crippen molar-refractivity contribution in [1.82, 2.24) is 0 Å². The molecule has 0 fully saturated rings. The van der Waals surface area contributed by atoms with E-state index in [0.717, 1.165) is 0 Å². The summed E-state index contributed by atoms with van der Waals surface area (Å²) in [6, 6.07) is 0. The quantitative estimate of drug-likeness (QED) is 0.265. The van der Waals surface area contributed by atoms with Crippen molar-refractivity contribution in [3.05, 3.63) is 7.43 Å². The van der Waals surface area contributed by atoms with Crippen LogP contribution < -0.4 is 0 Å². The van der Waals surface area contributed by atoms with E-state index in [1.54, 1.807) is 0 Å². The maximum atomic E-state index is 7.33. The van der Waals surface area contributed by atoms with Crippen molar-refractivity contribution in [2.75, 3.05) is 0 Å². The molecule has 4 nitrogen and oxygen atoms in total. The van der Waals surface area contributed by atoms with Crippen molar-refractivity contribution in [1.29, 1.82) is 0 Å². The van der Waals surface area contributed by atoms with Crippen molar-refractivity contribution in [3.63, 3.8) is 0 Å². The number of rotatable bonds is 0. The van der Waals surface area contributed by atoms with E-state index in [4.69, 9.17) is 19.2 Å². The third-order valence-corrected chi connectivity index (χ3v) is 0. The Hall–Kier alpha value is 1.06. The first-order valence-corrected chi connectivity index (χ1v) is 2.68. The van der Waals surface area contributed by atoms with Crippen LogP contribution in [0.25, 0.3) is 0 Å². The summed E-state index contributed by atoms with van der Waals surface area (Å²) in [5.74, 6) is 0. The van der Waals surface area contributed by atoms with Crippen LogP contribution in [0, 0.1) is 7.43 Å². The molecule has 0 aromatic rings. The molecule has 0 aliphatic carbocycles. The zero-order valence-electron chi connectivity index (χ0n) is 2.87. The van der Waals surface area contributed by atoms with Crippen LogP contribution in [-0.4, -0.2) is 57.8 Å². The second kappa shape index (κ2) is 5.20. The second-order valence-electron chi connectivity index (χ2n) is 0.600. The fourth-order valence-corrected chi connectivity index (χ4v) is 0. The minimum atomic E-state index is -4.61. The molecular weight excluding hydrogens is 127 g/mol. The average Bonchev–Trinajstić information content (AvgIpc) is 0.722. The molecule has 0 aliphatic rings. The van der Waals surface area contributed by atoms with Crippen LogP contribution in [0.5, 0.6) is 0 Å². The maximum absolute atomic E-state index is 7.33. The standard InChI is InChI=1S/CH.Na.H4O4Si.H/c;;1-5(2,3)4;/h1H;;1-4H;. The van der Waals surface area contributed by atoms with Gasteiger partial charge in [0.1, 0.15) is 0 Å². The van der Waals surface area contributed by atoms with Gasteiger partial charge >= 0.3 is 38.6 Å². The number of hydrogen-bond acceptors (Lipinski definition) is 4. The number of hydrogen-bond donors (Lipinski definition) is 4. The van der Waals surface area contributed by atoms with Crippen molar-refractivity contribution in [3.8, 4) is 0 Å². The van der Waals surface area contributed by atoms with Gasteiger partial charge in [-0.1, -0.05) is 0 Å². The molecule has 0 saturated carbocycles. The van der Waals surface area contributed by atoms with Crippen LogP contribution in [0.3, 0.4) is 0 Å². The molecule has 4 N–H and O–H groups in total. The van der Waals surface area contributed by atoms with E-state index >= 15 is 0 Å². The van der Waals surface area contributed by atoms with Gasteiger partial charge < -0.3 is 19.2 Å². The summed E-state index contributed by atoms with van der Waals surface area (Å²) in [4.78, 5) is 29.3. The fourth-order valence-electron chi connectivity index (χ4n) is 0. The zero-order valence-corrected chi connectivity index (χ0v) is 3.87. The minimum absolute atomic E-state index is 0. The van der Waals surface area contributed by atoms with Crippen molar-refractivity contribution in [2.45, 2.75) is 0 Å². The molecule has 0 unspecified atom stereocenters. The first kappa shape index (κ1) is 15.7. The summed E-state index contributed by atoms with van der Waals surface area (Å²) < 4.78 is 0. The first-order chi connectivity index (χ1) is 2.00. The van der Waals surface area contributed by atoms with E-state index in [1.165, 1.54) is 0 Å². The molecule has 6 heteroatoms. The Balaban J connectivity index is -0.0000000800. The molecule has 39 valence electrons.